The molecule has 2 aromatic heterocycles. The van der Waals surface area contributed by atoms with E-state index in [-0.39, 0.29) is 11.3 Å². The molecule has 0 saturated carbocycles. The van der Waals surface area contributed by atoms with Crippen LogP contribution in [0.2, 0.25) is 0 Å². The topological polar surface area (TPSA) is 67.4 Å². The maximum atomic E-state index is 13.0. The predicted octanol–water partition coefficient (Wildman–Crippen LogP) is 2.36. The van der Waals surface area contributed by atoms with Gasteiger partial charge in [-0.2, -0.15) is 5.10 Å². The molecule has 1 aliphatic heterocycles. The van der Waals surface area contributed by atoms with Gasteiger partial charge in [0.1, 0.15) is 11.5 Å². The van der Waals surface area contributed by atoms with E-state index >= 15 is 0 Å². The molecule has 0 spiro atoms. The Morgan fingerprint density at radius 1 is 1.19 bits per heavy atom. The molecule has 0 radical (unpaired) electrons. The summed E-state index contributed by atoms with van der Waals surface area (Å²) in [5.74, 6) is 0.895. The molecule has 1 fully saturated rings. The van der Waals surface area contributed by atoms with Crippen molar-refractivity contribution in [2.24, 2.45) is 7.05 Å². The van der Waals surface area contributed by atoms with Gasteiger partial charge in [0, 0.05) is 51.3 Å². The van der Waals surface area contributed by atoms with E-state index in [1.165, 1.54) is 0 Å². The zero-order chi connectivity index (χ0) is 18.9. The molecule has 1 aliphatic rings. The molecule has 3 heterocycles. The van der Waals surface area contributed by atoms with Crippen molar-refractivity contribution in [1.82, 2.24) is 24.7 Å². The first-order valence-corrected chi connectivity index (χ1v) is 9.22. The molecule has 0 atom stereocenters. The molecule has 1 saturated heterocycles. The van der Waals surface area contributed by atoms with Crippen molar-refractivity contribution in [2.45, 2.75) is 46.1 Å². The first kappa shape index (κ1) is 18.6. The van der Waals surface area contributed by atoms with Crippen LogP contribution in [0.15, 0.2) is 16.7 Å². The summed E-state index contributed by atoms with van der Waals surface area (Å²) in [7, 11) is 1.85. The third kappa shape index (κ3) is 4.15. The van der Waals surface area contributed by atoms with Crippen molar-refractivity contribution < 1.29 is 9.32 Å². The van der Waals surface area contributed by atoms with Gasteiger partial charge in [-0.3, -0.25) is 14.4 Å². The molecule has 7 nitrogen and oxygen atoms in total. The minimum atomic E-state index is -0.0679. The van der Waals surface area contributed by atoms with Crippen molar-refractivity contribution in [3.05, 3.63) is 35.0 Å². The molecule has 0 bridgehead atoms. The molecule has 7 heteroatoms. The van der Waals surface area contributed by atoms with Crippen molar-refractivity contribution in [3.63, 3.8) is 0 Å². The highest BCUT2D eigenvalue weighted by atomic mass is 16.5. The number of aryl methyl sites for hydroxylation is 2. The summed E-state index contributed by atoms with van der Waals surface area (Å²) in [4.78, 5) is 17.3. The lowest BCUT2D eigenvalue weighted by molar-refractivity contribution is 0.0750. The molecule has 3 rings (SSSR count). The number of hydrogen-bond acceptors (Lipinski definition) is 5. The van der Waals surface area contributed by atoms with Gasteiger partial charge in [0.25, 0.3) is 5.91 Å². The molecule has 0 aromatic carbocycles. The molecule has 2 aromatic rings. The van der Waals surface area contributed by atoms with E-state index in [2.05, 4.69) is 35.9 Å². The van der Waals surface area contributed by atoms with Crippen LogP contribution in [0.5, 0.6) is 0 Å². The van der Waals surface area contributed by atoms with E-state index in [0.717, 1.165) is 49.7 Å². The van der Waals surface area contributed by atoms with E-state index in [9.17, 15) is 4.79 Å². The summed E-state index contributed by atoms with van der Waals surface area (Å²) in [5.41, 5.74) is 2.49. The van der Waals surface area contributed by atoms with Gasteiger partial charge in [-0.25, -0.2) is 0 Å². The number of rotatable bonds is 3. The van der Waals surface area contributed by atoms with Gasteiger partial charge in [-0.1, -0.05) is 25.9 Å². The average Bonchev–Trinajstić information content (AvgIpc) is 3.06. The lowest BCUT2D eigenvalue weighted by Crippen LogP contribution is -2.36. The number of nitrogens with zero attached hydrogens (tertiary/aromatic N) is 5. The molecule has 142 valence electrons. The van der Waals surface area contributed by atoms with Gasteiger partial charge >= 0.3 is 0 Å². The fourth-order valence-corrected chi connectivity index (χ4v) is 3.25. The summed E-state index contributed by atoms with van der Waals surface area (Å²) in [6.07, 6.45) is 0.951. The van der Waals surface area contributed by atoms with E-state index < -0.39 is 0 Å². The highest BCUT2D eigenvalue weighted by Gasteiger charge is 2.26. The Labute approximate surface area is 154 Å². The highest BCUT2D eigenvalue weighted by molar-refractivity contribution is 5.92. The normalized spacial score (nSPS) is 16.7. The molecule has 0 unspecified atom stereocenters. The summed E-state index contributed by atoms with van der Waals surface area (Å²) in [5, 5.41) is 8.61. The van der Waals surface area contributed by atoms with Gasteiger partial charge in [-0.15, -0.1) is 0 Å². The second kappa shape index (κ2) is 7.23. The maximum Gasteiger partial charge on any atom is 0.272 e. The van der Waals surface area contributed by atoms with Gasteiger partial charge in [0.15, 0.2) is 0 Å². The van der Waals surface area contributed by atoms with E-state index in [0.29, 0.717) is 12.2 Å². The van der Waals surface area contributed by atoms with Crippen LogP contribution in [-0.2, 0) is 19.0 Å². The summed E-state index contributed by atoms with van der Waals surface area (Å²) in [6, 6.07) is 3.90. The number of carbonyl (C=O) groups excluding carboxylic acids is 1. The smallest absolute Gasteiger partial charge is 0.272 e. The minimum absolute atomic E-state index is 0.0645. The van der Waals surface area contributed by atoms with Gasteiger partial charge in [-0.05, 0) is 19.4 Å². The number of carbonyl (C=O) groups is 1. The number of hydrogen-bond donors (Lipinski definition) is 0. The SMILES string of the molecule is Cc1cc(CN2CCCN(C(=O)c3cc(C(C)(C)C)nn3C)CC2)no1. The largest absolute Gasteiger partial charge is 0.361 e. The Morgan fingerprint density at radius 3 is 2.58 bits per heavy atom. The average molecular weight is 359 g/mol. The second-order valence-corrected chi connectivity index (χ2v) is 8.14. The first-order chi connectivity index (χ1) is 12.2. The van der Waals surface area contributed by atoms with Gasteiger partial charge in [0.2, 0.25) is 0 Å². The number of amides is 1. The predicted molar refractivity (Wildman–Crippen MR) is 98.9 cm³/mol. The summed E-state index contributed by atoms with van der Waals surface area (Å²) >= 11 is 0. The first-order valence-electron chi connectivity index (χ1n) is 9.22. The summed E-state index contributed by atoms with van der Waals surface area (Å²) in [6.45, 7) is 12.3. The zero-order valence-electron chi connectivity index (χ0n) is 16.4. The molecular weight excluding hydrogens is 330 g/mol. The van der Waals surface area contributed by atoms with E-state index in [4.69, 9.17) is 4.52 Å². The van der Waals surface area contributed by atoms with Crippen molar-refractivity contribution in [3.8, 4) is 0 Å². The lowest BCUT2D eigenvalue weighted by atomic mass is 9.92. The van der Waals surface area contributed by atoms with Crippen LogP contribution in [0, 0.1) is 6.92 Å². The third-order valence-electron chi connectivity index (χ3n) is 4.81. The molecular formula is C19H29N5O2. The van der Waals surface area contributed by atoms with Crippen LogP contribution in [0.1, 0.15) is 54.8 Å². The maximum absolute atomic E-state index is 13.0. The van der Waals surface area contributed by atoms with Gasteiger partial charge in [0.05, 0.1) is 11.4 Å². The van der Waals surface area contributed by atoms with Crippen molar-refractivity contribution >= 4 is 5.91 Å². The highest BCUT2D eigenvalue weighted by Crippen LogP contribution is 2.22. The van der Waals surface area contributed by atoms with Crippen LogP contribution < -0.4 is 0 Å². The minimum Gasteiger partial charge on any atom is -0.361 e. The Kier molecular flexibility index (Phi) is 5.18. The number of aromatic nitrogens is 3. The monoisotopic (exact) mass is 359 g/mol. The Morgan fingerprint density at radius 2 is 1.96 bits per heavy atom. The lowest BCUT2D eigenvalue weighted by Gasteiger charge is -2.21. The van der Waals surface area contributed by atoms with Crippen molar-refractivity contribution in [1.29, 1.82) is 0 Å². The van der Waals surface area contributed by atoms with Crippen LogP contribution >= 0.6 is 0 Å². The zero-order valence-corrected chi connectivity index (χ0v) is 16.4. The second-order valence-electron chi connectivity index (χ2n) is 8.14. The quantitative estimate of drug-likeness (QED) is 0.842. The van der Waals surface area contributed by atoms with E-state index in [1.807, 2.05) is 31.0 Å². The Hall–Kier alpha value is -2.15. The third-order valence-corrected chi connectivity index (χ3v) is 4.81. The van der Waals surface area contributed by atoms with Crippen LogP contribution in [0.3, 0.4) is 0 Å². The van der Waals surface area contributed by atoms with Crippen molar-refractivity contribution in [2.75, 3.05) is 26.2 Å². The van der Waals surface area contributed by atoms with E-state index in [1.54, 1.807) is 4.68 Å². The van der Waals surface area contributed by atoms with Crippen LogP contribution in [0.25, 0.3) is 0 Å². The Balaban J connectivity index is 1.65. The fraction of sp³-hybridized carbons (Fsp3) is 0.632. The van der Waals surface area contributed by atoms with Crippen LogP contribution in [0.4, 0.5) is 0 Å². The summed E-state index contributed by atoms with van der Waals surface area (Å²) < 4.78 is 6.86. The molecule has 1 amide bonds. The molecule has 0 aliphatic carbocycles. The molecule has 26 heavy (non-hydrogen) atoms. The van der Waals surface area contributed by atoms with Gasteiger partial charge < -0.3 is 9.42 Å². The fourth-order valence-electron chi connectivity index (χ4n) is 3.25. The molecule has 0 N–H and O–H groups in total. The van der Waals surface area contributed by atoms with Crippen LogP contribution in [-0.4, -0.2) is 56.8 Å². The standard InChI is InChI=1S/C19H29N5O2/c1-14-11-15(21-26-14)13-23-7-6-8-24(10-9-23)18(25)16-12-17(19(2,3)4)20-22(16)5/h11-12H,6-10,13H2,1-5H3. The Bertz CT molecular complexity index is 771.